The molecular weight excluding hydrogens is 264 g/mol. The van der Waals surface area contributed by atoms with Gasteiger partial charge in [0.25, 0.3) is 0 Å². The van der Waals surface area contributed by atoms with Crippen LogP contribution in [0, 0.1) is 6.92 Å². The molecule has 1 aromatic carbocycles. The van der Waals surface area contributed by atoms with Gasteiger partial charge in [0, 0.05) is 4.88 Å². The molecule has 2 aliphatic carbocycles. The summed E-state index contributed by atoms with van der Waals surface area (Å²) in [6.07, 6.45) is 5.98. The fraction of sp³-hybridized carbons (Fsp3) is 0.471. The number of hydrogen-bond acceptors (Lipinski definition) is 3. The Morgan fingerprint density at radius 1 is 1.25 bits per heavy atom. The highest BCUT2D eigenvalue weighted by Gasteiger charge is 2.42. The summed E-state index contributed by atoms with van der Waals surface area (Å²) in [5.41, 5.74) is 5.60. The minimum atomic E-state index is -0.0453. The summed E-state index contributed by atoms with van der Waals surface area (Å²) >= 11 is 1.94. The average Bonchev–Trinajstić information content (AvgIpc) is 3.10. The van der Waals surface area contributed by atoms with Gasteiger partial charge in [-0.15, -0.1) is 11.3 Å². The van der Waals surface area contributed by atoms with Crippen molar-refractivity contribution in [2.75, 3.05) is 7.05 Å². The third kappa shape index (κ3) is 1.63. The summed E-state index contributed by atoms with van der Waals surface area (Å²) < 4.78 is 0. The van der Waals surface area contributed by atoms with E-state index in [1.165, 1.54) is 51.5 Å². The number of nitrogens with one attached hydrogen (secondary N) is 1. The Hall–Kier alpha value is -1.19. The molecule has 0 spiro atoms. The van der Waals surface area contributed by atoms with Crippen LogP contribution >= 0.6 is 11.3 Å². The van der Waals surface area contributed by atoms with Crippen LogP contribution in [-0.4, -0.2) is 12.0 Å². The highest BCUT2D eigenvalue weighted by atomic mass is 32.1. The summed E-state index contributed by atoms with van der Waals surface area (Å²) in [5.74, 6) is 0. The number of thiazole rings is 1. The minimum absolute atomic E-state index is 0.0453. The number of rotatable bonds is 2. The molecule has 1 atom stereocenters. The second-order valence-corrected chi connectivity index (χ2v) is 7.14. The molecule has 2 nitrogen and oxygen atoms in total. The molecular formula is C17H20N2S. The number of aryl methyl sites for hydroxylation is 4. The molecule has 104 valence electrons. The number of benzene rings is 1. The van der Waals surface area contributed by atoms with Crippen LogP contribution < -0.4 is 5.32 Å². The van der Waals surface area contributed by atoms with Crippen LogP contribution in [0.2, 0.25) is 0 Å². The normalized spacial score (nSPS) is 23.9. The Morgan fingerprint density at radius 3 is 2.95 bits per heavy atom. The molecule has 2 aliphatic rings. The minimum Gasteiger partial charge on any atom is -0.305 e. The summed E-state index contributed by atoms with van der Waals surface area (Å²) in [6, 6.07) is 6.88. The summed E-state index contributed by atoms with van der Waals surface area (Å²) in [6.45, 7) is 2.18. The second kappa shape index (κ2) is 4.40. The Morgan fingerprint density at radius 2 is 2.15 bits per heavy atom. The third-order valence-electron chi connectivity index (χ3n) is 4.88. The van der Waals surface area contributed by atoms with Gasteiger partial charge in [-0.1, -0.05) is 23.8 Å². The zero-order valence-electron chi connectivity index (χ0n) is 12.1. The van der Waals surface area contributed by atoms with Gasteiger partial charge < -0.3 is 5.32 Å². The summed E-state index contributed by atoms with van der Waals surface area (Å²) in [4.78, 5) is 6.52. The smallest absolute Gasteiger partial charge is 0.118 e. The SMILES string of the molecule is CNC1(c2nc3c(s2)CCC3)CCc2ccc(C)cc21. The maximum Gasteiger partial charge on any atom is 0.118 e. The van der Waals surface area contributed by atoms with E-state index in [4.69, 9.17) is 4.98 Å². The quantitative estimate of drug-likeness (QED) is 0.915. The van der Waals surface area contributed by atoms with Crippen LogP contribution in [0.3, 0.4) is 0 Å². The first-order valence-corrected chi connectivity index (χ1v) is 8.32. The van der Waals surface area contributed by atoms with E-state index in [0.717, 1.165) is 12.8 Å². The molecule has 4 rings (SSSR count). The molecule has 0 amide bonds. The van der Waals surface area contributed by atoms with Gasteiger partial charge in [0.15, 0.2) is 0 Å². The van der Waals surface area contributed by atoms with Crippen LogP contribution in [0.1, 0.15) is 45.1 Å². The lowest BCUT2D eigenvalue weighted by molar-refractivity contribution is 0.433. The van der Waals surface area contributed by atoms with Gasteiger partial charge in [-0.25, -0.2) is 4.98 Å². The van der Waals surface area contributed by atoms with E-state index in [-0.39, 0.29) is 5.54 Å². The molecule has 3 heteroatoms. The van der Waals surface area contributed by atoms with Gasteiger partial charge in [0.2, 0.25) is 0 Å². The average molecular weight is 284 g/mol. The molecule has 0 aliphatic heterocycles. The van der Waals surface area contributed by atoms with Gasteiger partial charge in [-0.2, -0.15) is 0 Å². The van der Waals surface area contributed by atoms with Crippen molar-refractivity contribution in [3.8, 4) is 0 Å². The van der Waals surface area contributed by atoms with Gasteiger partial charge in [0.1, 0.15) is 5.01 Å². The Labute approximate surface area is 124 Å². The third-order valence-corrected chi connectivity index (χ3v) is 6.20. The predicted octanol–water partition coefficient (Wildman–Crippen LogP) is 3.35. The molecule has 2 aromatic rings. The molecule has 0 fully saturated rings. The molecule has 0 bridgehead atoms. The molecule has 1 heterocycles. The lowest BCUT2D eigenvalue weighted by Crippen LogP contribution is -2.39. The lowest BCUT2D eigenvalue weighted by atomic mass is 9.91. The summed E-state index contributed by atoms with van der Waals surface area (Å²) in [7, 11) is 2.09. The standard InChI is InChI=1S/C17H20N2S/c1-11-6-7-12-8-9-17(18-2,13(12)10-11)16-19-14-4-3-5-15(14)20-16/h6-7,10,18H,3-5,8-9H2,1-2H3. The van der Waals surface area contributed by atoms with Crippen molar-refractivity contribution < 1.29 is 0 Å². The monoisotopic (exact) mass is 284 g/mol. The van der Waals surface area contributed by atoms with Crippen LogP contribution in [-0.2, 0) is 24.8 Å². The van der Waals surface area contributed by atoms with Crippen LogP contribution in [0.25, 0.3) is 0 Å². The number of fused-ring (bicyclic) bond motifs is 2. The van der Waals surface area contributed by atoms with Crippen molar-refractivity contribution >= 4 is 11.3 Å². The first-order valence-electron chi connectivity index (χ1n) is 7.51. The van der Waals surface area contributed by atoms with E-state index in [9.17, 15) is 0 Å². The van der Waals surface area contributed by atoms with Gasteiger partial charge in [-0.3, -0.25) is 0 Å². The van der Waals surface area contributed by atoms with E-state index in [0.29, 0.717) is 0 Å². The molecule has 0 saturated carbocycles. The first-order chi connectivity index (χ1) is 9.73. The first kappa shape index (κ1) is 12.5. The summed E-state index contributed by atoms with van der Waals surface area (Å²) in [5, 5.41) is 4.90. The topological polar surface area (TPSA) is 24.9 Å². The molecule has 1 aromatic heterocycles. The van der Waals surface area contributed by atoms with E-state index in [2.05, 4.69) is 37.5 Å². The highest BCUT2D eigenvalue weighted by molar-refractivity contribution is 7.12. The fourth-order valence-electron chi connectivity index (χ4n) is 3.72. The molecule has 0 radical (unpaired) electrons. The van der Waals surface area contributed by atoms with Gasteiger partial charge in [-0.05, 0) is 57.2 Å². The number of nitrogens with zero attached hydrogens (tertiary/aromatic N) is 1. The van der Waals surface area contributed by atoms with E-state index < -0.39 is 0 Å². The van der Waals surface area contributed by atoms with Crippen molar-refractivity contribution in [2.24, 2.45) is 0 Å². The van der Waals surface area contributed by atoms with Crippen LogP contribution in [0.5, 0.6) is 0 Å². The van der Waals surface area contributed by atoms with E-state index >= 15 is 0 Å². The predicted molar refractivity (Wildman–Crippen MR) is 83.5 cm³/mol. The zero-order chi connectivity index (χ0) is 13.7. The van der Waals surface area contributed by atoms with E-state index in [1.807, 2.05) is 11.3 Å². The van der Waals surface area contributed by atoms with Crippen molar-refractivity contribution in [3.05, 3.63) is 50.5 Å². The maximum absolute atomic E-state index is 5.00. The Balaban J connectivity index is 1.87. The molecule has 1 unspecified atom stereocenters. The Bertz CT molecular complexity index is 652. The molecule has 0 saturated heterocycles. The van der Waals surface area contributed by atoms with Gasteiger partial charge >= 0.3 is 0 Å². The maximum atomic E-state index is 5.00. The number of hydrogen-bond donors (Lipinski definition) is 1. The Kier molecular flexibility index (Phi) is 2.76. The molecule has 1 N–H and O–H groups in total. The number of aromatic nitrogens is 1. The lowest BCUT2D eigenvalue weighted by Gasteiger charge is -2.28. The highest BCUT2D eigenvalue weighted by Crippen LogP contribution is 2.45. The van der Waals surface area contributed by atoms with Gasteiger partial charge in [0.05, 0.1) is 11.2 Å². The van der Waals surface area contributed by atoms with Crippen molar-refractivity contribution in [2.45, 2.75) is 44.6 Å². The van der Waals surface area contributed by atoms with Crippen molar-refractivity contribution in [1.29, 1.82) is 0 Å². The van der Waals surface area contributed by atoms with Crippen molar-refractivity contribution in [1.82, 2.24) is 10.3 Å². The van der Waals surface area contributed by atoms with Crippen LogP contribution in [0.15, 0.2) is 18.2 Å². The largest absolute Gasteiger partial charge is 0.305 e. The molecule has 20 heavy (non-hydrogen) atoms. The fourth-order valence-corrected chi connectivity index (χ4v) is 5.11. The van der Waals surface area contributed by atoms with E-state index in [1.54, 1.807) is 0 Å². The van der Waals surface area contributed by atoms with Crippen molar-refractivity contribution in [3.63, 3.8) is 0 Å². The zero-order valence-corrected chi connectivity index (χ0v) is 12.9. The second-order valence-electron chi connectivity index (χ2n) is 6.06. The van der Waals surface area contributed by atoms with Crippen LogP contribution in [0.4, 0.5) is 0 Å².